The second kappa shape index (κ2) is 10.4. The van der Waals surface area contributed by atoms with Gasteiger partial charge >= 0.3 is 0 Å². The minimum absolute atomic E-state index is 0.184. The number of carbonyl (C=O) groups excluding carboxylic acids is 1. The van der Waals surface area contributed by atoms with Gasteiger partial charge in [0.25, 0.3) is 5.91 Å². The number of nitrogens with zero attached hydrogens (tertiary/aromatic N) is 1. The SMILES string of the molecule is CS(=O)(=O)N(Cc1ccc(C(=O)NCCOc2cccc3ccccc23)cc1)c1ccccc1. The number of hydrogen-bond donors (Lipinski definition) is 1. The van der Waals surface area contributed by atoms with E-state index in [-0.39, 0.29) is 12.5 Å². The van der Waals surface area contributed by atoms with Gasteiger partial charge < -0.3 is 10.1 Å². The summed E-state index contributed by atoms with van der Waals surface area (Å²) in [6.45, 7) is 0.890. The van der Waals surface area contributed by atoms with Crippen molar-refractivity contribution in [1.82, 2.24) is 5.32 Å². The third-order valence-corrected chi connectivity index (χ3v) is 6.52. The number of benzene rings is 4. The Hall–Kier alpha value is -3.84. The van der Waals surface area contributed by atoms with E-state index >= 15 is 0 Å². The Morgan fingerprint density at radius 1 is 0.853 bits per heavy atom. The highest BCUT2D eigenvalue weighted by Crippen LogP contribution is 2.25. The van der Waals surface area contributed by atoms with Crippen molar-refractivity contribution in [2.24, 2.45) is 0 Å². The quantitative estimate of drug-likeness (QED) is 0.359. The summed E-state index contributed by atoms with van der Waals surface area (Å²) in [7, 11) is -3.45. The summed E-state index contributed by atoms with van der Waals surface area (Å²) in [6.07, 6.45) is 1.18. The molecule has 4 aromatic rings. The van der Waals surface area contributed by atoms with Crippen LogP contribution in [0.3, 0.4) is 0 Å². The molecule has 0 bridgehead atoms. The zero-order valence-corrected chi connectivity index (χ0v) is 19.7. The average Bonchev–Trinajstić information content (AvgIpc) is 2.85. The van der Waals surface area contributed by atoms with E-state index in [1.54, 1.807) is 48.5 Å². The van der Waals surface area contributed by atoms with Gasteiger partial charge in [0.2, 0.25) is 10.0 Å². The van der Waals surface area contributed by atoms with E-state index in [9.17, 15) is 13.2 Å². The van der Waals surface area contributed by atoms with Gasteiger partial charge in [-0.2, -0.15) is 0 Å². The van der Waals surface area contributed by atoms with Gasteiger partial charge in [-0.15, -0.1) is 0 Å². The highest BCUT2D eigenvalue weighted by Gasteiger charge is 2.17. The summed E-state index contributed by atoms with van der Waals surface area (Å²) in [5.74, 6) is 0.571. The van der Waals surface area contributed by atoms with E-state index in [1.165, 1.54) is 10.6 Å². The van der Waals surface area contributed by atoms with Crippen LogP contribution in [0.25, 0.3) is 10.8 Å². The van der Waals surface area contributed by atoms with Crippen LogP contribution in [-0.2, 0) is 16.6 Å². The molecule has 0 unspecified atom stereocenters. The molecule has 0 spiro atoms. The Morgan fingerprint density at radius 3 is 2.26 bits per heavy atom. The van der Waals surface area contributed by atoms with Crippen molar-refractivity contribution >= 4 is 32.4 Å². The second-order valence-electron chi connectivity index (χ2n) is 7.88. The van der Waals surface area contributed by atoms with E-state index in [1.807, 2.05) is 48.5 Å². The Bertz CT molecular complexity index is 1370. The number of ether oxygens (including phenoxy) is 1. The van der Waals surface area contributed by atoms with Crippen molar-refractivity contribution in [3.8, 4) is 5.75 Å². The number of anilines is 1. The molecule has 0 saturated carbocycles. The summed E-state index contributed by atoms with van der Waals surface area (Å²) < 4.78 is 31.8. The van der Waals surface area contributed by atoms with E-state index in [4.69, 9.17) is 4.74 Å². The first-order valence-corrected chi connectivity index (χ1v) is 12.8. The van der Waals surface area contributed by atoms with E-state index in [0.717, 1.165) is 22.1 Å². The Kier molecular flexibility index (Phi) is 7.13. The van der Waals surface area contributed by atoms with Crippen molar-refractivity contribution in [2.45, 2.75) is 6.54 Å². The molecule has 4 rings (SSSR count). The molecule has 174 valence electrons. The lowest BCUT2D eigenvalue weighted by atomic mass is 10.1. The fraction of sp³-hybridized carbons (Fsp3) is 0.148. The molecule has 0 saturated heterocycles. The number of sulfonamides is 1. The summed E-state index contributed by atoms with van der Waals surface area (Å²) in [6, 6.07) is 29.7. The standard InChI is InChI=1S/C27H26N2O4S/c1-34(31,32)29(24-10-3-2-4-11-24)20-21-14-16-23(17-15-21)27(30)28-18-19-33-26-13-7-9-22-8-5-6-12-25(22)26/h2-17H,18-20H2,1H3,(H,28,30). The molecule has 0 radical (unpaired) electrons. The van der Waals surface area contributed by atoms with Crippen molar-refractivity contribution in [3.05, 3.63) is 108 Å². The van der Waals surface area contributed by atoms with Crippen LogP contribution < -0.4 is 14.4 Å². The molecule has 1 amide bonds. The van der Waals surface area contributed by atoms with Crippen molar-refractivity contribution in [3.63, 3.8) is 0 Å². The number of amides is 1. The highest BCUT2D eigenvalue weighted by molar-refractivity contribution is 7.92. The van der Waals surface area contributed by atoms with Gasteiger partial charge in [-0.05, 0) is 41.3 Å². The van der Waals surface area contributed by atoms with Crippen molar-refractivity contribution in [1.29, 1.82) is 0 Å². The van der Waals surface area contributed by atoms with Gasteiger partial charge in [0, 0.05) is 10.9 Å². The fourth-order valence-corrected chi connectivity index (χ4v) is 4.56. The van der Waals surface area contributed by atoms with Gasteiger partial charge in [-0.3, -0.25) is 9.10 Å². The molecule has 0 fully saturated rings. The average molecular weight is 475 g/mol. The number of carbonyl (C=O) groups is 1. The molecule has 34 heavy (non-hydrogen) atoms. The zero-order valence-electron chi connectivity index (χ0n) is 18.8. The van der Waals surface area contributed by atoms with Crippen LogP contribution in [-0.4, -0.2) is 33.7 Å². The van der Waals surface area contributed by atoms with Gasteiger partial charge in [-0.25, -0.2) is 8.42 Å². The maximum absolute atomic E-state index is 12.5. The molecule has 0 aromatic heterocycles. The smallest absolute Gasteiger partial charge is 0.251 e. The molecule has 0 aliphatic carbocycles. The Morgan fingerprint density at radius 2 is 1.53 bits per heavy atom. The molecule has 0 atom stereocenters. The minimum atomic E-state index is -3.45. The van der Waals surface area contributed by atoms with E-state index in [0.29, 0.717) is 24.4 Å². The predicted octanol–water partition coefficient (Wildman–Crippen LogP) is 4.61. The molecule has 7 heteroatoms. The predicted molar refractivity (Wildman–Crippen MR) is 136 cm³/mol. The number of para-hydroxylation sites is 1. The third kappa shape index (κ3) is 5.74. The second-order valence-corrected chi connectivity index (χ2v) is 9.79. The molecule has 0 aliphatic rings. The monoisotopic (exact) mass is 474 g/mol. The molecule has 0 aliphatic heterocycles. The number of rotatable bonds is 9. The lowest BCUT2D eigenvalue weighted by Crippen LogP contribution is -2.29. The van der Waals surface area contributed by atoms with Crippen molar-refractivity contribution < 1.29 is 17.9 Å². The van der Waals surface area contributed by atoms with E-state index < -0.39 is 10.0 Å². The first kappa shape index (κ1) is 23.3. The molecular formula is C27H26N2O4S. The van der Waals surface area contributed by atoms with Crippen LogP contribution in [0, 0.1) is 0 Å². The minimum Gasteiger partial charge on any atom is -0.491 e. The number of hydrogen-bond acceptors (Lipinski definition) is 4. The van der Waals surface area contributed by atoms with Gasteiger partial charge in [-0.1, -0.05) is 66.7 Å². The van der Waals surface area contributed by atoms with Crippen LogP contribution in [0.4, 0.5) is 5.69 Å². The summed E-state index contributed by atoms with van der Waals surface area (Å²) in [5.41, 5.74) is 1.88. The lowest BCUT2D eigenvalue weighted by Gasteiger charge is -2.22. The zero-order chi connectivity index (χ0) is 24.0. The van der Waals surface area contributed by atoms with Crippen molar-refractivity contribution in [2.75, 3.05) is 23.7 Å². The largest absolute Gasteiger partial charge is 0.491 e. The topological polar surface area (TPSA) is 75.7 Å². The normalized spacial score (nSPS) is 11.2. The lowest BCUT2D eigenvalue weighted by molar-refractivity contribution is 0.0947. The van der Waals surface area contributed by atoms with E-state index in [2.05, 4.69) is 5.32 Å². The van der Waals surface area contributed by atoms with Gasteiger partial charge in [0.05, 0.1) is 25.0 Å². The maximum Gasteiger partial charge on any atom is 0.251 e. The number of fused-ring (bicyclic) bond motifs is 1. The fourth-order valence-electron chi connectivity index (χ4n) is 3.67. The molecule has 1 N–H and O–H groups in total. The third-order valence-electron chi connectivity index (χ3n) is 5.38. The van der Waals surface area contributed by atoms with Crippen LogP contribution >= 0.6 is 0 Å². The van der Waals surface area contributed by atoms with Crippen LogP contribution in [0.1, 0.15) is 15.9 Å². The van der Waals surface area contributed by atoms with Crippen LogP contribution in [0.15, 0.2) is 97.1 Å². The van der Waals surface area contributed by atoms with Crippen LogP contribution in [0.5, 0.6) is 5.75 Å². The molecule has 0 heterocycles. The summed E-state index contributed by atoms with van der Waals surface area (Å²) >= 11 is 0. The Balaban J connectivity index is 1.33. The first-order chi connectivity index (χ1) is 16.4. The molecule has 4 aromatic carbocycles. The summed E-state index contributed by atoms with van der Waals surface area (Å²) in [4.78, 5) is 12.5. The van der Waals surface area contributed by atoms with Gasteiger partial charge in [0.15, 0.2) is 0 Å². The van der Waals surface area contributed by atoms with Crippen LogP contribution in [0.2, 0.25) is 0 Å². The van der Waals surface area contributed by atoms with Gasteiger partial charge in [0.1, 0.15) is 12.4 Å². The molecular weight excluding hydrogens is 448 g/mol. The summed E-state index contributed by atoms with van der Waals surface area (Å²) in [5, 5.41) is 4.99. The maximum atomic E-state index is 12.5. The Labute approximate surface area is 199 Å². The number of nitrogens with one attached hydrogen (secondary N) is 1. The first-order valence-electron chi connectivity index (χ1n) is 10.9. The highest BCUT2D eigenvalue weighted by atomic mass is 32.2. The molecule has 6 nitrogen and oxygen atoms in total.